The van der Waals surface area contributed by atoms with E-state index in [0.29, 0.717) is 18.8 Å². The molecule has 1 atom stereocenters. The van der Waals surface area contributed by atoms with E-state index in [-0.39, 0.29) is 24.5 Å². The lowest BCUT2D eigenvalue weighted by atomic mass is 10.0. The number of ketones is 1. The number of likely N-dealkylation sites (tertiary alicyclic amines) is 1. The fourth-order valence-corrected chi connectivity index (χ4v) is 2.68. The Labute approximate surface area is 137 Å². The SMILES string of the molecule is CN(CC(=O)c1ccco1)C1CCCN(C(=O)OC(C)(C)C)C1. The number of amides is 1. The summed E-state index contributed by atoms with van der Waals surface area (Å²) < 4.78 is 10.6. The van der Waals surface area contributed by atoms with E-state index in [9.17, 15) is 9.59 Å². The molecule has 0 saturated carbocycles. The van der Waals surface area contributed by atoms with Crippen molar-refractivity contribution in [2.45, 2.75) is 45.3 Å². The van der Waals surface area contributed by atoms with Crippen LogP contribution >= 0.6 is 0 Å². The average molecular weight is 322 g/mol. The highest BCUT2D eigenvalue weighted by molar-refractivity contribution is 5.95. The summed E-state index contributed by atoms with van der Waals surface area (Å²) in [6, 6.07) is 3.53. The van der Waals surface area contributed by atoms with Gasteiger partial charge in [-0.3, -0.25) is 9.69 Å². The highest BCUT2D eigenvalue weighted by atomic mass is 16.6. The zero-order chi connectivity index (χ0) is 17.0. The molecule has 23 heavy (non-hydrogen) atoms. The molecule has 0 aliphatic carbocycles. The van der Waals surface area contributed by atoms with Gasteiger partial charge in [0.1, 0.15) is 5.60 Å². The molecule has 1 fully saturated rings. The molecular weight excluding hydrogens is 296 g/mol. The molecule has 0 bridgehead atoms. The second-order valence-electron chi connectivity index (χ2n) is 7.04. The van der Waals surface area contributed by atoms with Crippen LogP contribution in [0.3, 0.4) is 0 Å². The van der Waals surface area contributed by atoms with Crippen LogP contribution in [0.5, 0.6) is 0 Å². The first-order valence-corrected chi connectivity index (χ1v) is 8.01. The van der Waals surface area contributed by atoms with E-state index in [1.165, 1.54) is 6.26 Å². The maximum absolute atomic E-state index is 12.2. The van der Waals surface area contributed by atoms with Gasteiger partial charge in [-0.25, -0.2) is 4.79 Å². The number of piperidine rings is 1. The lowest BCUT2D eigenvalue weighted by Gasteiger charge is -2.37. The van der Waals surface area contributed by atoms with Gasteiger partial charge in [0.05, 0.1) is 12.8 Å². The van der Waals surface area contributed by atoms with Crippen LogP contribution in [0.25, 0.3) is 0 Å². The number of likely N-dealkylation sites (N-methyl/N-ethyl adjacent to an activating group) is 1. The predicted octanol–water partition coefficient (Wildman–Crippen LogP) is 2.79. The summed E-state index contributed by atoms with van der Waals surface area (Å²) in [5, 5.41) is 0. The van der Waals surface area contributed by atoms with Crippen LogP contribution in [0.2, 0.25) is 0 Å². The number of Topliss-reactive ketones (excluding diaryl/α,β-unsaturated/α-hetero) is 1. The normalized spacial score (nSPS) is 19.0. The Morgan fingerprint density at radius 3 is 2.78 bits per heavy atom. The number of carbonyl (C=O) groups excluding carboxylic acids is 2. The molecule has 0 spiro atoms. The van der Waals surface area contributed by atoms with E-state index in [1.54, 1.807) is 17.0 Å². The molecular formula is C17H26N2O4. The minimum absolute atomic E-state index is 0.0492. The third kappa shape index (κ3) is 5.10. The lowest BCUT2D eigenvalue weighted by molar-refractivity contribution is 0.0129. The van der Waals surface area contributed by atoms with Crippen LogP contribution in [0.1, 0.15) is 44.2 Å². The Kier molecular flexibility index (Phi) is 5.46. The molecule has 1 unspecified atom stereocenters. The molecule has 1 aromatic rings. The fourth-order valence-electron chi connectivity index (χ4n) is 2.68. The molecule has 6 nitrogen and oxygen atoms in total. The quantitative estimate of drug-likeness (QED) is 0.798. The smallest absolute Gasteiger partial charge is 0.410 e. The van der Waals surface area contributed by atoms with Crippen molar-refractivity contribution in [2.24, 2.45) is 0 Å². The first-order valence-electron chi connectivity index (χ1n) is 8.01. The molecule has 1 saturated heterocycles. The highest BCUT2D eigenvalue weighted by Crippen LogP contribution is 2.18. The highest BCUT2D eigenvalue weighted by Gasteiger charge is 2.30. The molecule has 0 radical (unpaired) electrons. The van der Waals surface area contributed by atoms with Gasteiger partial charge in [0.25, 0.3) is 0 Å². The summed E-state index contributed by atoms with van der Waals surface area (Å²) in [5.74, 6) is 0.323. The van der Waals surface area contributed by atoms with Crippen LogP contribution in [0.4, 0.5) is 4.79 Å². The first kappa shape index (κ1) is 17.5. The van der Waals surface area contributed by atoms with Crippen molar-refractivity contribution in [2.75, 3.05) is 26.7 Å². The van der Waals surface area contributed by atoms with E-state index in [2.05, 4.69) is 0 Å². The third-order valence-corrected chi connectivity index (χ3v) is 3.86. The van der Waals surface area contributed by atoms with Gasteiger partial charge in [0, 0.05) is 19.1 Å². The van der Waals surface area contributed by atoms with Gasteiger partial charge in [-0.1, -0.05) is 0 Å². The Hall–Kier alpha value is -1.82. The Balaban J connectivity index is 1.90. The maximum atomic E-state index is 12.2. The van der Waals surface area contributed by atoms with Crippen LogP contribution in [-0.4, -0.2) is 60.0 Å². The van der Waals surface area contributed by atoms with Crippen molar-refractivity contribution in [3.05, 3.63) is 24.2 Å². The monoisotopic (exact) mass is 322 g/mol. The van der Waals surface area contributed by atoms with E-state index in [4.69, 9.17) is 9.15 Å². The molecule has 0 aromatic carbocycles. The van der Waals surface area contributed by atoms with Gasteiger partial charge >= 0.3 is 6.09 Å². The number of ether oxygens (including phenoxy) is 1. The Bertz CT molecular complexity index is 533. The standard InChI is InChI=1S/C17H26N2O4/c1-17(2,3)23-16(21)19-9-5-7-13(11-19)18(4)12-14(20)15-8-6-10-22-15/h6,8,10,13H,5,7,9,11-12H2,1-4H3. The topological polar surface area (TPSA) is 63.0 Å². The van der Waals surface area contributed by atoms with Gasteiger partial charge in [0.15, 0.2) is 5.76 Å². The average Bonchev–Trinajstić information content (AvgIpc) is 3.00. The first-order chi connectivity index (χ1) is 10.8. The minimum Gasteiger partial charge on any atom is -0.461 e. The van der Waals surface area contributed by atoms with Crippen LogP contribution in [0, 0.1) is 0 Å². The lowest BCUT2D eigenvalue weighted by Crippen LogP contribution is -2.50. The van der Waals surface area contributed by atoms with Gasteiger partial charge < -0.3 is 14.1 Å². The largest absolute Gasteiger partial charge is 0.461 e. The van der Waals surface area contributed by atoms with Crippen molar-refractivity contribution in [1.29, 1.82) is 0 Å². The van der Waals surface area contributed by atoms with Gasteiger partial charge in [-0.2, -0.15) is 0 Å². The van der Waals surface area contributed by atoms with Crippen LogP contribution < -0.4 is 0 Å². The third-order valence-electron chi connectivity index (χ3n) is 3.86. The minimum atomic E-state index is -0.495. The summed E-state index contributed by atoms with van der Waals surface area (Å²) in [5.41, 5.74) is -0.495. The molecule has 1 aliphatic rings. The second-order valence-corrected chi connectivity index (χ2v) is 7.04. The summed E-state index contributed by atoms with van der Waals surface area (Å²) in [4.78, 5) is 28.0. The summed E-state index contributed by atoms with van der Waals surface area (Å²) in [6.45, 7) is 7.14. The molecule has 0 N–H and O–H groups in total. The molecule has 2 heterocycles. The maximum Gasteiger partial charge on any atom is 0.410 e. The number of furan rings is 1. The summed E-state index contributed by atoms with van der Waals surface area (Å²) >= 11 is 0. The van der Waals surface area contributed by atoms with Crippen molar-refractivity contribution >= 4 is 11.9 Å². The van der Waals surface area contributed by atoms with Crippen molar-refractivity contribution < 1.29 is 18.7 Å². The van der Waals surface area contributed by atoms with Gasteiger partial charge in [-0.05, 0) is 52.8 Å². The summed E-state index contributed by atoms with van der Waals surface area (Å²) in [7, 11) is 1.91. The van der Waals surface area contributed by atoms with Crippen molar-refractivity contribution in [3.8, 4) is 0 Å². The van der Waals surface area contributed by atoms with Crippen LogP contribution in [-0.2, 0) is 4.74 Å². The molecule has 1 amide bonds. The molecule has 128 valence electrons. The zero-order valence-corrected chi connectivity index (χ0v) is 14.4. The number of hydrogen-bond acceptors (Lipinski definition) is 5. The Morgan fingerprint density at radius 2 is 2.17 bits per heavy atom. The van der Waals surface area contributed by atoms with Gasteiger partial charge in [-0.15, -0.1) is 0 Å². The van der Waals surface area contributed by atoms with E-state index in [1.807, 2.05) is 32.7 Å². The van der Waals surface area contributed by atoms with Gasteiger partial charge in [0.2, 0.25) is 5.78 Å². The number of nitrogens with zero attached hydrogens (tertiary/aromatic N) is 2. The molecule has 1 aliphatic heterocycles. The molecule has 1 aromatic heterocycles. The molecule has 2 rings (SSSR count). The molecule has 6 heteroatoms. The summed E-state index contributed by atoms with van der Waals surface area (Å²) in [6.07, 6.45) is 3.08. The Morgan fingerprint density at radius 1 is 1.43 bits per heavy atom. The van der Waals surface area contributed by atoms with E-state index in [0.717, 1.165) is 12.8 Å². The van der Waals surface area contributed by atoms with E-state index >= 15 is 0 Å². The van der Waals surface area contributed by atoms with Crippen LogP contribution in [0.15, 0.2) is 22.8 Å². The second kappa shape index (κ2) is 7.17. The predicted molar refractivity (Wildman–Crippen MR) is 86.5 cm³/mol. The van der Waals surface area contributed by atoms with Crippen molar-refractivity contribution in [1.82, 2.24) is 9.80 Å². The zero-order valence-electron chi connectivity index (χ0n) is 14.4. The number of carbonyl (C=O) groups is 2. The van der Waals surface area contributed by atoms with Crippen molar-refractivity contribution in [3.63, 3.8) is 0 Å². The van der Waals surface area contributed by atoms with E-state index < -0.39 is 5.60 Å². The fraction of sp³-hybridized carbons (Fsp3) is 0.647. The number of rotatable bonds is 4. The number of hydrogen-bond donors (Lipinski definition) is 0.